The average molecular weight is 224 g/mol. The Morgan fingerprint density at radius 2 is 2.17 bits per heavy atom. The molecule has 2 rings (SSSR count). The fourth-order valence-corrected chi connectivity index (χ4v) is 1.59. The Balaban J connectivity index is 2.41. The minimum atomic E-state index is -0.181. The summed E-state index contributed by atoms with van der Waals surface area (Å²) < 4.78 is 0. The van der Waals surface area contributed by atoms with Crippen LogP contribution in [0.25, 0.3) is 0 Å². The quantitative estimate of drug-likeness (QED) is 0.576. The first-order chi connectivity index (χ1) is 5.75. The van der Waals surface area contributed by atoms with Crippen molar-refractivity contribution in [3.05, 3.63) is 36.0 Å². The van der Waals surface area contributed by atoms with Crippen molar-refractivity contribution in [2.45, 2.75) is 4.83 Å². The van der Waals surface area contributed by atoms with Gasteiger partial charge in [-0.3, -0.25) is 4.79 Å². The zero-order valence-electron chi connectivity index (χ0n) is 6.20. The number of amides is 1. The maximum Gasteiger partial charge on any atom is 0.270 e. The molecule has 60 valence electrons. The van der Waals surface area contributed by atoms with E-state index in [1.165, 1.54) is 6.08 Å². The van der Waals surface area contributed by atoms with E-state index in [2.05, 4.69) is 20.9 Å². The van der Waals surface area contributed by atoms with E-state index in [1.54, 1.807) is 6.08 Å². The zero-order chi connectivity index (χ0) is 8.55. The van der Waals surface area contributed by atoms with Gasteiger partial charge in [-0.25, -0.2) is 4.99 Å². The van der Waals surface area contributed by atoms with Gasteiger partial charge in [-0.2, -0.15) is 0 Å². The molecule has 1 aliphatic carbocycles. The number of halogens is 1. The molecular formula is C9H6BrNO. The Bertz CT molecular complexity index is 350. The van der Waals surface area contributed by atoms with Gasteiger partial charge in [0.2, 0.25) is 0 Å². The van der Waals surface area contributed by atoms with Crippen molar-refractivity contribution < 1.29 is 4.79 Å². The lowest BCUT2D eigenvalue weighted by molar-refractivity contribution is -0.113. The van der Waals surface area contributed by atoms with Crippen LogP contribution in [0.5, 0.6) is 0 Å². The predicted octanol–water partition coefficient (Wildman–Crippen LogP) is 1.78. The van der Waals surface area contributed by atoms with Crippen molar-refractivity contribution in [1.29, 1.82) is 0 Å². The molecule has 2 nitrogen and oxygen atoms in total. The number of fused-ring (bicyclic) bond motifs is 1. The number of rotatable bonds is 0. The van der Waals surface area contributed by atoms with Crippen LogP contribution in [-0.4, -0.2) is 16.4 Å². The van der Waals surface area contributed by atoms with E-state index in [-0.39, 0.29) is 10.7 Å². The van der Waals surface area contributed by atoms with Crippen LogP contribution in [0.15, 0.2) is 40.9 Å². The number of alkyl halides is 1. The molecule has 0 fully saturated rings. The highest BCUT2D eigenvalue weighted by Gasteiger charge is 2.13. The molecular weight excluding hydrogens is 218 g/mol. The number of carbonyl (C=O) groups is 1. The summed E-state index contributed by atoms with van der Waals surface area (Å²) in [7, 11) is 0. The first kappa shape index (κ1) is 7.68. The average Bonchev–Trinajstić information content (AvgIpc) is 2.05. The van der Waals surface area contributed by atoms with E-state index in [1.807, 2.05) is 18.2 Å². The number of nitrogens with zero attached hydrogens (tertiary/aromatic N) is 1. The number of allylic oxidation sites excluding steroid dienone is 5. The normalized spacial score (nSPS) is 26.4. The van der Waals surface area contributed by atoms with Gasteiger partial charge >= 0.3 is 0 Å². The second-order valence-corrected chi connectivity index (χ2v) is 3.65. The molecule has 0 saturated carbocycles. The molecule has 1 amide bonds. The molecule has 1 heterocycles. The number of hydrogen-bond donors (Lipinski definition) is 0. The maximum atomic E-state index is 10.9. The van der Waals surface area contributed by atoms with E-state index >= 15 is 0 Å². The molecule has 0 N–H and O–H groups in total. The van der Waals surface area contributed by atoms with Gasteiger partial charge < -0.3 is 0 Å². The van der Waals surface area contributed by atoms with Crippen LogP contribution in [0.4, 0.5) is 0 Å². The summed E-state index contributed by atoms with van der Waals surface area (Å²) in [6.07, 6.45) is 9.10. The summed E-state index contributed by atoms with van der Waals surface area (Å²) in [6, 6.07) is 0. The van der Waals surface area contributed by atoms with Crippen molar-refractivity contribution in [1.82, 2.24) is 0 Å². The van der Waals surface area contributed by atoms with Gasteiger partial charge in [-0.15, -0.1) is 0 Å². The molecule has 2 aliphatic rings. The fraction of sp³-hybridized carbons (Fsp3) is 0.111. The van der Waals surface area contributed by atoms with Gasteiger partial charge in [0.25, 0.3) is 5.91 Å². The lowest BCUT2D eigenvalue weighted by Gasteiger charge is -2.12. The topological polar surface area (TPSA) is 29.4 Å². The lowest BCUT2D eigenvalue weighted by atomic mass is 10.0. The van der Waals surface area contributed by atoms with Crippen molar-refractivity contribution in [3.8, 4) is 0 Å². The third kappa shape index (κ3) is 1.32. The van der Waals surface area contributed by atoms with Gasteiger partial charge in [0, 0.05) is 6.08 Å². The Labute approximate surface area is 78.5 Å². The molecule has 0 bridgehead atoms. The molecule has 0 aromatic rings. The summed E-state index contributed by atoms with van der Waals surface area (Å²) in [5, 5.41) is 0. The number of aliphatic imine (C=N–C) groups is 1. The van der Waals surface area contributed by atoms with Gasteiger partial charge in [-0.1, -0.05) is 28.1 Å². The SMILES string of the molecule is O=C1C=CC2=CC(Br)C=CC2=N1. The Kier molecular flexibility index (Phi) is 1.81. The molecule has 3 heteroatoms. The largest absolute Gasteiger partial charge is 0.270 e. The van der Waals surface area contributed by atoms with E-state index in [0.717, 1.165) is 11.3 Å². The van der Waals surface area contributed by atoms with Gasteiger partial charge in [0.15, 0.2) is 0 Å². The standard InChI is InChI=1S/C9H6BrNO/c10-7-2-3-8-6(5-7)1-4-9(12)11-8/h1-5,7H. The molecule has 0 saturated heterocycles. The molecule has 0 aromatic carbocycles. The third-order valence-corrected chi connectivity index (χ3v) is 2.28. The van der Waals surface area contributed by atoms with E-state index in [4.69, 9.17) is 0 Å². The molecule has 1 aliphatic heterocycles. The Morgan fingerprint density at radius 3 is 3.00 bits per heavy atom. The van der Waals surface area contributed by atoms with Crippen molar-refractivity contribution in [2.75, 3.05) is 0 Å². The molecule has 0 spiro atoms. The lowest BCUT2D eigenvalue weighted by Crippen LogP contribution is -2.11. The maximum absolute atomic E-state index is 10.9. The summed E-state index contributed by atoms with van der Waals surface area (Å²) in [5.74, 6) is -0.181. The van der Waals surface area contributed by atoms with Crippen LogP contribution in [0, 0.1) is 0 Å². The first-order valence-corrected chi connectivity index (χ1v) is 4.52. The second kappa shape index (κ2) is 2.83. The monoisotopic (exact) mass is 223 g/mol. The molecule has 12 heavy (non-hydrogen) atoms. The van der Waals surface area contributed by atoms with Crippen LogP contribution >= 0.6 is 15.9 Å². The molecule has 1 atom stereocenters. The number of dihydropyridines is 1. The van der Waals surface area contributed by atoms with Gasteiger partial charge in [0.05, 0.1) is 10.5 Å². The highest BCUT2D eigenvalue weighted by molar-refractivity contribution is 9.09. The van der Waals surface area contributed by atoms with Crippen LogP contribution in [0.3, 0.4) is 0 Å². The van der Waals surface area contributed by atoms with E-state index in [9.17, 15) is 4.79 Å². The smallest absolute Gasteiger partial charge is 0.267 e. The number of carbonyl (C=O) groups excluding carboxylic acids is 1. The molecule has 1 unspecified atom stereocenters. The first-order valence-electron chi connectivity index (χ1n) is 3.61. The number of hydrogen-bond acceptors (Lipinski definition) is 1. The summed E-state index contributed by atoms with van der Waals surface area (Å²) >= 11 is 3.43. The van der Waals surface area contributed by atoms with E-state index < -0.39 is 0 Å². The fourth-order valence-electron chi connectivity index (χ4n) is 1.15. The van der Waals surface area contributed by atoms with Crippen LogP contribution in [0.2, 0.25) is 0 Å². The Hall–Kier alpha value is -0.960. The van der Waals surface area contributed by atoms with Crippen molar-refractivity contribution in [2.24, 2.45) is 4.99 Å². The molecule has 0 aromatic heterocycles. The second-order valence-electron chi connectivity index (χ2n) is 2.59. The highest BCUT2D eigenvalue weighted by atomic mass is 79.9. The third-order valence-electron chi connectivity index (χ3n) is 1.71. The summed E-state index contributed by atoms with van der Waals surface area (Å²) in [6.45, 7) is 0. The predicted molar refractivity (Wildman–Crippen MR) is 51.5 cm³/mol. The van der Waals surface area contributed by atoms with Crippen LogP contribution in [-0.2, 0) is 4.79 Å². The van der Waals surface area contributed by atoms with E-state index in [0.29, 0.717) is 0 Å². The van der Waals surface area contributed by atoms with Crippen molar-refractivity contribution >= 4 is 27.5 Å². The minimum Gasteiger partial charge on any atom is -0.267 e. The van der Waals surface area contributed by atoms with Crippen LogP contribution < -0.4 is 0 Å². The van der Waals surface area contributed by atoms with Gasteiger partial charge in [0.1, 0.15) is 0 Å². The minimum absolute atomic E-state index is 0.181. The molecule has 0 radical (unpaired) electrons. The van der Waals surface area contributed by atoms with Crippen molar-refractivity contribution in [3.63, 3.8) is 0 Å². The van der Waals surface area contributed by atoms with Gasteiger partial charge in [-0.05, 0) is 17.7 Å². The van der Waals surface area contributed by atoms with Crippen LogP contribution in [0.1, 0.15) is 0 Å². The Morgan fingerprint density at radius 1 is 1.33 bits per heavy atom. The summed E-state index contributed by atoms with van der Waals surface area (Å²) in [4.78, 5) is 15.0. The zero-order valence-corrected chi connectivity index (χ0v) is 7.78. The summed E-state index contributed by atoms with van der Waals surface area (Å²) in [5.41, 5.74) is 1.78. The highest BCUT2D eigenvalue weighted by Crippen LogP contribution is 2.18.